The lowest BCUT2D eigenvalue weighted by molar-refractivity contribution is -0.345. The van der Waals surface area contributed by atoms with Crippen molar-refractivity contribution in [3.8, 4) is 0 Å². The Morgan fingerprint density at radius 2 is 2.33 bits per heavy atom. The fourth-order valence-electron chi connectivity index (χ4n) is 3.09. The van der Waals surface area contributed by atoms with Crippen LogP contribution in [-0.4, -0.2) is 61.8 Å². The van der Waals surface area contributed by atoms with Gasteiger partial charge in [0.1, 0.15) is 12.2 Å². The van der Waals surface area contributed by atoms with Crippen LogP contribution in [-0.2, 0) is 20.2 Å². The number of hydrogen-bond acceptors (Lipinski definition) is 9. The maximum absolute atomic E-state index is 12.0. The number of fused-ring (bicyclic) bond motifs is 1. The quantitative estimate of drug-likeness (QED) is 0.373. The highest BCUT2D eigenvalue weighted by molar-refractivity contribution is 5.70. The molecular formula is C13H19N5O6. The molecule has 11 nitrogen and oxygen atoms in total. The summed E-state index contributed by atoms with van der Waals surface area (Å²) in [6.45, 7) is 1.37. The largest absolute Gasteiger partial charge is 0.394 e. The van der Waals surface area contributed by atoms with Gasteiger partial charge in [-0.2, -0.15) is 4.98 Å². The van der Waals surface area contributed by atoms with Gasteiger partial charge in [0.25, 0.3) is 5.56 Å². The summed E-state index contributed by atoms with van der Waals surface area (Å²) in [4.78, 5) is 32.4. The van der Waals surface area contributed by atoms with E-state index in [1.54, 1.807) is 6.92 Å². The van der Waals surface area contributed by atoms with Gasteiger partial charge in [-0.15, -0.1) is 0 Å². The fraction of sp³-hybridized carbons (Fsp3) is 0.615. The topological polar surface area (TPSA) is 158 Å². The van der Waals surface area contributed by atoms with Crippen molar-refractivity contribution < 1.29 is 24.7 Å². The summed E-state index contributed by atoms with van der Waals surface area (Å²) in [6, 6.07) is 0. The number of aromatic amines is 1. The second-order valence-electron chi connectivity index (χ2n) is 5.45. The number of nitrogens with zero attached hydrogens (tertiary/aromatic N) is 3. The molecule has 11 heteroatoms. The van der Waals surface area contributed by atoms with Gasteiger partial charge in [0.2, 0.25) is 5.95 Å². The van der Waals surface area contributed by atoms with Crippen molar-refractivity contribution >= 4 is 17.1 Å². The number of aliphatic hydroxyl groups excluding tert-OH is 2. The molecule has 0 amide bonds. The Morgan fingerprint density at radius 3 is 2.96 bits per heavy atom. The van der Waals surface area contributed by atoms with Crippen molar-refractivity contribution in [1.29, 1.82) is 0 Å². The molecule has 0 saturated carbocycles. The van der Waals surface area contributed by atoms with Gasteiger partial charge in [-0.05, 0) is 6.42 Å². The average molecular weight is 341 g/mol. The lowest BCUT2D eigenvalue weighted by Crippen LogP contribution is -2.46. The van der Waals surface area contributed by atoms with Crippen LogP contribution in [0.1, 0.15) is 13.3 Å². The number of nitrogens with two attached hydrogens (primary N) is 1. The number of nitrogen functional groups attached to an aromatic ring is 1. The highest BCUT2D eigenvalue weighted by atomic mass is 17.2. The summed E-state index contributed by atoms with van der Waals surface area (Å²) in [7, 11) is 1.30. The van der Waals surface area contributed by atoms with Crippen molar-refractivity contribution in [1.82, 2.24) is 19.5 Å². The van der Waals surface area contributed by atoms with Crippen LogP contribution in [0, 0.1) is 0 Å². The minimum absolute atomic E-state index is 0.0683. The summed E-state index contributed by atoms with van der Waals surface area (Å²) in [5.41, 5.74) is 4.08. The Balaban J connectivity index is 2.22. The monoisotopic (exact) mass is 341 g/mol. The standard InChI is InChI=1S/C13H19N5O6/c1-3-13(9(24-22-2)8(20)6(4-19)23-13)18-5-15-7-10(18)16-12(14)17-11(7)21/h5-6,8-9,19-20H,3-4H2,1-2H3,(H3,14,16,17,21)/t6-,8-,9-,13-/m1/s1. The van der Waals surface area contributed by atoms with E-state index in [2.05, 4.69) is 15.0 Å². The van der Waals surface area contributed by atoms with E-state index in [-0.39, 0.29) is 17.1 Å². The highest BCUT2D eigenvalue weighted by Gasteiger charge is 2.57. The summed E-state index contributed by atoms with van der Waals surface area (Å²) in [5, 5.41) is 19.8. The van der Waals surface area contributed by atoms with E-state index in [9.17, 15) is 15.0 Å². The lowest BCUT2D eigenvalue weighted by atomic mass is 10.00. The molecule has 0 unspecified atom stereocenters. The second kappa shape index (κ2) is 6.11. The van der Waals surface area contributed by atoms with Crippen LogP contribution in [0.5, 0.6) is 0 Å². The Labute approximate surface area is 135 Å². The molecule has 5 N–H and O–H groups in total. The lowest BCUT2D eigenvalue weighted by Gasteiger charge is -2.33. The maximum Gasteiger partial charge on any atom is 0.280 e. The molecule has 1 aliphatic heterocycles. The van der Waals surface area contributed by atoms with Crippen LogP contribution in [0.2, 0.25) is 0 Å². The number of aliphatic hydroxyl groups is 2. The molecule has 1 fully saturated rings. The van der Waals surface area contributed by atoms with Crippen molar-refractivity contribution in [2.24, 2.45) is 0 Å². The summed E-state index contributed by atoms with van der Waals surface area (Å²) in [5.74, 6) is -0.0815. The molecule has 4 atom stereocenters. The summed E-state index contributed by atoms with van der Waals surface area (Å²) >= 11 is 0. The third kappa shape index (κ3) is 2.29. The zero-order chi connectivity index (χ0) is 17.5. The van der Waals surface area contributed by atoms with Crippen LogP contribution in [0.3, 0.4) is 0 Å². The van der Waals surface area contributed by atoms with Gasteiger partial charge in [0.05, 0.1) is 20.0 Å². The molecule has 3 heterocycles. The Bertz CT molecular complexity index is 791. The van der Waals surface area contributed by atoms with Crippen molar-refractivity contribution in [3.63, 3.8) is 0 Å². The zero-order valence-corrected chi connectivity index (χ0v) is 13.2. The Hall–Kier alpha value is -2.05. The summed E-state index contributed by atoms with van der Waals surface area (Å²) in [6.07, 6.45) is -1.37. The Kier molecular flexibility index (Phi) is 4.27. The molecule has 0 radical (unpaired) electrons. The number of anilines is 1. The molecular weight excluding hydrogens is 322 g/mol. The zero-order valence-electron chi connectivity index (χ0n) is 13.2. The number of aromatic nitrogens is 4. The molecule has 0 aliphatic carbocycles. The average Bonchev–Trinajstić information content (AvgIpc) is 3.09. The van der Waals surface area contributed by atoms with Crippen LogP contribution in [0.15, 0.2) is 11.1 Å². The molecule has 132 valence electrons. The third-order valence-electron chi connectivity index (χ3n) is 4.21. The first kappa shape index (κ1) is 16.8. The van der Waals surface area contributed by atoms with Gasteiger partial charge in [-0.1, -0.05) is 6.92 Å². The number of H-pyrrole nitrogens is 1. The second-order valence-corrected chi connectivity index (χ2v) is 5.45. The molecule has 0 bridgehead atoms. The van der Waals surface area contributed by atoms with Gasteiger partial charge in [0, 0.05) is 0 Å². The van der Waals surface area contributed by atoms with Gasteiger partial charge >= 0.3 is 0 Å². The van der Waals surface area contributed by atoms with E-state index in [4.69, 9.17) is 20.2 Å². The van der Waals surface area contributed by atoms with Crippen LogP contribution in [0.25, 0.3) is 11.2 Å². The van der Waals surface area contributed by atoms with E-state index in [1.165, 1.54) is 18.0 Å². The minimum Gasteiger partial charge on any atom is -0.394 e. The summed E-state index contributed by atoms with van der Waals surface area (Å²) < 4.78 is 7.35. The van der Waals surface area contributed by atoms with Crippen molar-refractivity contribution in [2.45, 2.75) is 37.4 Å². The first-order chi connectivity index (χ1) is 11.5. The molecule has 0 spiro atoms. The molecule has 1 aliphatic rings. The third-order valence-corrected chi connectivity index (χ3v) is 4.21. The van der Waals surface area contributed by atoms with E-state index in [0.29, 0.717) is 6.42 Å². The number of hydrogen-bond donors (Lipinski definition) is 4. The number of ether oxygens (including phenoxy) is 1. The van der Waals surface area contributed by atoms with Gasteiger partial charge in [-0.3, -0.25) is 14.3 Å². The Morgan fingerprint density at radius 1 is 1.58 bits per heavy atom. The van der Waals surface area contributed by atoms with E-state index in [0.717, 1.165) is 0 Å². The molecule has 0 aromatic carbocycles. The first-order valence-electron chi connectivity index (χ1n) is 7.38. The molecule has 1 saturated heterocycles. The maximum atomic E-state index is 12.0. The molecule has 2 aromatic rings. The van der Waals surface area contributed by atoms with E-state index in [1.807, 2.05) is 0 Å². The molecule has 2 aromatic heterocycles. The van der Waals surface area contributed by atoms with Crippen molar-refractivity contribution in [2.75, 3.05) is 19.5 Å². The van der Waals surface area contributed by atoms with Crippen LogP contribution >= 0.6 is 0 Å². The number of rotatable bonds is 5. The SMILES string of the molecule is CC[C@@]1(n2cnc3c(=O)[nH]c(N)nc32)O[C@H](CO)[C@@H](O)[C@H]1OOC. The predicted octanol–water partition coefficient (Wildman–Crippen LogP) is -1.54. The first-order valence-corrected chi connectivity index (χ1v) is 7.38. The fourth-order valence-corrected chi connectivity index (χ4v) is 3.09. The molecule has 24 heavy (non-hydrogen) atoms. The smallest absolute Gasteiger partial charge is 0.280 e. The number of imidazole rings is 1. The minimum atomic E-state index is -1.29. The molecule has 3 rings (SSSR count). The van der Waals surface area contributed by atoms with E-state index < -0.39 is 36.2 Å². The highest BCUT2D eigenvalue weighted by Crippen LogP contribution is 2.41. The normalized spacial score (nSPS) is 30.2. The number of nitrogens with one attached hydrogen (secondary N) is 1. The predicted molar refractivity (Wildman–Crippen MR) is 80.7 cm³/mol. The van der Waals surface area contributed by atoms with Crippen molar-refractivity contribution in [3.05, 3.63) is 16.7 Å². The van der Waals surface area contributed by atoms with E-state index >= 15 is 0 Å². The van der Waals surface area contributed by atoms with Crippen LogP contribution in [0.4, 0.5) is 5.95 Å². The van der Waals surface area contributed by atoms with Gasteiger partial charge in [-0.25, -0.2) is 14.8 Å². The van der Waals surface area contributed by atoms with Crippen LogP contribution < -0.4 is 11.3 Å². The van der Waals surface area contributed by atoms with Gasteiger partial charge in [0.15, 0.2) is 23.0 Å². The van der Waals surface area contributed by atoms with Gasteiger partial charge < -0.3 is 20.7 Å².